The van der Waals surface area contributed by atoms with Crippen LogP contribution < -0.4 is 10.3 Å². The molecule has 1 N–H and O–H groups in total. The first-order chi connectivity index (χ1) is 13.5. The molecule has 0 bridgehead atoms. The van der Waals surface area contributed by atoms with Crippen molar-refractivity contribution >= 4 is 21.6 Å². The normalized spacial score (nSPS) is 17.5. The minimum atomic E-state index is -0.780. The molecule has 1 aliphatic rings. The van der Waals surface area contributed by atoms with Crippen LogP contribution in [0.25, 0.3) is 10.2 Å². The zero-order chi connectivity index (χ0) is 19.7. The molecule has 3 aromatic rings. The van der Waals surface area contributed by atoms with Gasteiger partial charge in [0, 0.05) is 4.88 Å². The van der Waals surface area contributed by atoms with Crippen LogP contribution in [-0.4, -0.2) is 27.4 Å². The van der Waals surface area contributed by atoms with Crippen LogP contribution in [0.2, 0.25) is 0 Å². The van der Waals surface area contributed by atoms with E-state index in [9.17, 15) is 9.90 Å². The Labute approximate surface area is 168 Å². The molecule has 0 aliphatic heterocycles. The number of aliphatic hydroxyl groups is 1. The third-order valence-corrected chi connectivity index (χ3v) is 6.63. The van der Waals surface area contributed by atoms with Crippen LogP contribution in [0, 0.1) is 5.92 Å². The predicted molar refractivity (Wildman–Crippen MR) is 112 cm³/mol. The first-order valence-corrected chi connectivity index (χ1v) is 10.8. The lowest BCUT2D eigenvalue weighted by molar-refractivity contribution is 0.0915. The molecule has 0 amide bonds. The van der Waals surface area contributed by atoms with Gasteiger partial charge >= 0.3 is 0 Å². The summed E-state index contributed by atoms with van der Waals surface area (Å²) in [6.07, 6.45) is 4.83. The molecule has 2 unspecified atom stereocenters. The van der Waals surface area contributed by atoms with Crippen molar-refractivity contribution in [2.75, 3.05) is 6.61 Å². The first kappa shape index (κ1) is 19.2. The highest BCUT2D eigenvalue weighted by Gasteiger charge is 2.23. The van der Waals surface area contributed by atoms with E-state index in [0.29, 0.717) is 5.92 Å². The Morgan fingerprint density at radius 1 is 1.36 bits per heavy atom. The maximum Gasteiger partial charge on any atom is 0.262 e. The Morgan fingerprint density at radius 3 is 2.89 bits per heavy atom. The summed E-state index contributed by atoms with van der Waals surface area (Å²) < 4.78 is 7.19. The zero-order valence-electron chi connectivity index (χ0n) is 16.4. The van der Waals surface area contributed by atoms with Gasteiger partial charge < -0.3 is 9.84 Å². The third kappa shape index (κ3) is 3.84. The molecule has 148 valence electrons. The van der Waals surface area contributed by atoms with Crippen LogP contribution in [0.15, 0.2) is 35.4 Å². The highest BCUT2D eigenvalue weighted by Crippen LogP contribution is 2.35. The lowest BCUT2D eigenvalue weighted by atomic mass is 9.89. The molecule has 6 heteroatoms. The molecular weight excluding hydrogens is 372 g/mol. The Hall–Kier alpha value is -2.18. The number of nitrogens with zero attached hydrogens (tertiary/aromatic N) is 2. The molecule has 5 nitrogen and oxygen atoms in total. The number of hydrogen-bond acceptors (Lipinski definition) is 5. The van der Waals surface area contributed by atoms with E-state index in [1.807, 2.05) is 24.3 Å². The monoisotopic (exact) mass is 398 g/mol. The molecule has 0 saturated carbocycles. The van der Waals surface area contributed by atoms with Gasteiger partial charge in [-0.05, 0) is 54.9 Å². The van der Waals surface area contributed by atoms with Gasteiger partial charge in [-0.3, -0.25) is 9.36 Å². The average Bonchev–Trinajstić information content (AvgIpc) is 3.07. The summed E-state index contributed by atoms with van der Waals surface area (Å²) in [5.41, 5.74) is 2.36. The molecule has 2 aromatic heterocycles. The van der Waals surface area contributed by atoms with Gasteiger partial charge in [-0.2, -0.15) is 0 Å². The number of thiophene rings is 1. The van der Waals surface area contributed by atoms with Crippen molar-refractivity contribution in [1.82, 2.24) is 9.55 Å². The summed E-state index contributed by atoms with van der Waals surface area (Å²) in [5, 5.41) is 11.1. The second-order valence-corrected chi connectivity index (χ2v) is 8.78. The fourth-order valence-corrected chi connectivity index (χ4v) is 5.13. The second kappa shape index (κ2) is 8.05. The van der Waals surface area contributed by atoms with Crippen LogP contribution in [-0.2, 0) is 25.8 Å². The minimum absolute atomic E-state index is 0.0524. The lowest BCUT2D eigenvalue weighted by Crippen LogP contribution is -2.30. The summed E-state index contributed by atoms with van der Waals surface area (Å²) in [6, 6.07) is 7.85. The second-order valence-electron chi connectivity index (χ2n) is 7.70. The lowest BCUT2D eigenvalue weighted by Gasteiger charge is -2.17. The summed E-state index contributed by atoms with van der Waals surface area (Å²) in [7, 11) is 0. The SMILES string of the molecule is CCc1ccc(OCC(O)Cn2cnc3sc4c(c3c2=O)CCC(C)C4)cc1. The highest BCUT2D eigenvalue weighted by molar-refractivity contribution is 7.18. The van der Waals surface area contributed by atoms with Crippen LogP contribution >= 0.6 is 11.3 Å². The van der Waals surface area contributed by atoms with Crippen LogP contribution in [0.1, 0.15) is 36.3 Å². The van der Waals surface area contributed by atoms with E-state index >= 15 is 0 Å². The zero-order valence-corrected chi connectivity index (χ0v) is 17.2. The van der Waals surface area contributed by atoms with E-state index in [0.717, 1.165) is 41.6 Å². The molecule has 0 radical (unpaired) electrons. The van der Waals surface area contributed by atoms with E-state index in [2.05, 4.69) is 18.8 Å². The quantitative estimate of drug-likeness (QED) is 0.689. The fourth-order valence-electron chi connectivity index (χ4n) is 3.79. The standard InChI is InChI=1S/C22H26N2O3S/c1-3-15-5-7-17(8-6-15)27-12-16(25)11-24-13-23-21-20(22(24)26)18-9-4-14(2)10-19(18)28-21/h5-8,13-14,16,25H,3-4,9-12H2,1-2H3. The number of hydrogen-bond donors (Lipinski definition) is 1. The number of fused-ring (bicyclic) bond motifs is 3. The molecule has 2 atom stereocenters. The molecule has 1 aromatic carbocycles. The first-order valence-electron chi connectivity index (χ1n) is 9.94. The Balaban J connectivity index is 1.48. The summed E-state index contributed by atoms with van der Waals surface area (Å²) >= 11 is 1.64. The Morgan fingerprint density at radius 2 is 2.14 bits per heavy atom. The maximum atomic E-state index is 13.0. The van der Waals surface area contributed by atoms with Gasteiger partial charge in [0.25, 0.3) is 5.56 Å². The average molecular weight is 399 g/mol. The molecule has 4 rings (SSSR count). The Bertz CT molecular complexity index is 1020. The van der Waals surface area contributed by atoms with E-state index in [4.69, 9.17) is 4.74 Å². The minimum Gasteiger partial charge on any atom is -0.491 e. The Kier molecular flexibility index (Phi) is 5.51. The maximum absolute atomic E-state index is 13.0. The van der Waals surface area contributed by atoms with Gasteiger partial charge in [-0.25, -0.2) is 4.98 Å². The van der Waals surface area contributed by atoms with Crippen molar-refractivity contribution in [3.8, 4) is 5.75 Å². The van der Waals surface area contributed by atoms with Gasteiger partial charge in [0.05, 0.1) is 18.3 Å². The molecular formula is C22H26N2O3S. The van der Waals surface area contributed by atoms with Gasteiger partial charge in [0.1, 0.15) is 23.3 Å². The fraction of sp³-hybridized carbons (Fsp3) is 0.455. The number of benzene rings is 1. The summed E-state index contributed by atoms with van der Waals surface area (Å²) in [5.74, 6) is 1.38. The number of aliphatic hydroxyl groups excluding tert-OH is 1. The largest absolute Gasteiger partial charge is 0.491 e. The molecule has 0 saturated heterocycles. The van der Waals surface area contributed by atoms with Gasteiger partial charge in [0.2, 0.25) is 0 Å². The van der Waals surface area contributed by atoms with E-state index in [1.165, 1.54) is 20.6 Å². The van der Waals surface area contributed by atoms with Gasteiger partial charge in [-0.15, -0.1) is 11.3 Å². The third-order valence-electron chi connectivity index (χ3n) is 5.46. The summed E-state index contributed by atoms with van der Waals surface area (Å²) in [4.78, 5) is 19.6. The van der Waals surface area contributed by atoms with E-state index in [1.54, 1.807) is 17.7 Å². The van der Waals surface area contributed by atoms with Gasteiger partial charge in [0.15, 0.2) is 0 Å². The van der Waals surface area contributed by atoms with Crippen molar-refractivity contribution in [3.63, 3.8) is 0 Å². The predicted octanol–water partition coefficient (Wildman–Crippen LogP) is 3.59. The molecule has 2 heterocycles. The number of aryl methyl sites for hydroxylation is 2. The van der Waals surface area contributed by atoms with Gasteiger partial charge in [-0.1, -0.05) is 26.0 Å². The van der Waals surface area contributed by atoms with Crippen LogP contribution in [0.5, 0.6) is 5.75 Å². The van der Waals surface area contributed by atoms with Crippen molar-refractivity contribution in [1.29, 1.82) is 0 Å². The van der Waals surface area contributed by atoms with Crippen molar-refractivity contribution in [2.24, 2.45) is 5.92 Å². The van der Waals surface area contributed by atoms with E-state index < -0.39 is 6.10 Å². The van der Waals surface area contributed by atoms with Crippen molar-refractivity contribution in [2.45, 2.75) is 52.2 Å². The molecule has 28 heavy (non-hydrogen) atoms. The van der Waals surface area contributed by atoms with E-state index in [-0.39, 0.29) is 18.7 Å². The summed E-state index contributed by atoms with van der Waals surface area (Å²) in [6.45, 7) is 4.67. The smallest absolute Gasteiger partial charge is 0.262 e. The van der Waals surface area contributed by atoms with Crippen molar-refractivity contribution < 1.29 is 9.84 Å². The highest BCUT2D eigenvalue weighted by atomic mass is 32.1. The number of rotatable bonds is 6. The van der Waals surface area contributed by atoms with Crippen molar-refractivity contribution in [3.05, 3.63) is 57.0 Å². The number of ether oxygens (including phenoxy) is 1. The molecule has 0 fully saturated rings. The van der Waals surface area contributed by atoms with Crippen LogP contribution in [0.4, 0.5) is 0 Å². The topological polar surface area (TPSA) is 64.3 Å². The molecule has 1 aliphatic carbocycles. The molecule has 0 spiro atoms. The number of aromatic nitrogens is 2. The van der Waals surface area contributed by atoms with Crippen LogP contribution in [0.3, 0.4) is 0 Å².